The van der Waals surface area contributed by atoms with E-state index in [2.05, 4.69) is 10.3 Å². The molecule has 2 aromatic heterocycles. The first-order valence-corrected chi connectivity index (χ1v) is 7.94. The molecule has 6 nitrogen and oxygen atoms in total. The van der Waals surface area contributed by atoms with E-state index in [-0.39, 0.29) is 11.6 Å². The number of hydrogen-bond donors (Lipinski definition) is 2. The van der Waals surface area contributed by atoms with Crippen molar-refractivity contribution in [2.24, 2.45) is 0 Å². The molecule has 0 bridgehead atoms. The van der Waals surface area contributed by atoms with Gasteiger partial charge in [0, 0.05) is 29.6 Å². The highest BCUT2D eigenvalue weighted by molar-refractivity contribution is 5.86. The lowest BCUT2D eigenvalue weighted by atomic mass is 9.98. The van der Waals surface area contributed by atoms with Crippen LogP contribution in [-0.4, -0.2) is 26.0 Å². The minimum atomic E-state index is -1.16. The molecule has 4 rings (SSSR count). The predicted octanol–water partition coefficient (Wildman–Crippen LogP) is 3.79. The van der Waals surface area contributed by atoms with Gasteiger partial charge in [-0.15, -0.1) is 0 Å². The fourth-order valence-electron chi connectivity index (χ4n) is 3.21. The molecule has 0 atom stereocenters. The second-order valence-electron chi connectivity index (χ2n) is 5.86. The lowest BCUT2D eigenvalue weighted by Crippen LogP contribution is -2.08. The first kappa shape index (κ1) is 15.3. The highest BCUT2D eigenvalue weighted by atomic mass is 19.1. The predicted molar refractivity (Wildman–Crippen MR) is 90.8 cm³/mol. The Morgan fingerprint density at radius 2 is 2.00 bits per heavy atom. The summed E-state index contributed by atoms with van der Waals surface area (Å²) in [4.78, 5) is 14.9. The average molecular weight is 338 g/mol. The highest BCUT2D eigenvalue weighted by Gasteiger charge is 2.24. The van der Waals surface area contributed by atoms with Crippen molar-refractivity contribution in [3.05, 3.63) is 54.1 Å². The van der Waals surface area contributed by atoms with E-state index in [1.807, 2.05) is 10.7 Å². The zero-order valence-electron chi connectivity index (χ0n) is 13.2. The van der Waals surface area contributed by atoms with E-state index in [1.165, 1.54) is 12.1 Å². The van der Waals surface area contributed by atoms with E-state index in [9.17, 15) is 9.18 Å². The number of amides is 1. The summed E-state index contributed by atoms with van der Waals surface area (Å²) in [5.74, 6) is -0.0399. The van der Waals surface area contributed by atoms with Gasteiger partial charge in [0.15, 0.2) is 0 Å². The van der Waals surface area contributed by atoms with E-state index < -0.39 is 6.09 Å². The first-order chi connectivity index (χ1) is 12.1. The molecule has 0 fully saturated rings. The van der Waals surface area contributed by atoms with Crippen LogP contribution in [0.1, 0.15) is 12.1 Å². The van der Waals surface area contributed by atoms with E-state index in [0.29, 0.717) is 0 Å². The fraction of sp³-hybridized carbons (Fsp3) is 0.167. The molecule has 0 spiro atoms. The summed E-state index contributed by atoms with van der Waals surface area (Å²) in [6.45, 7) is 0.842. The fourth-order valence-corrected chi connectivity index (χ4v) is 3.21. The SMILES string of the molecule is O=C(O)Nc1cc(-c2c(-c3ccc(F)cc3)nn3c2CCC3)ccn1. The van der Waals surface area contributed by atoms with Crippen LogP contribution >= 0.6 is 0 Å². The van der Waals surface area contributed by atoms with Crippen LogP contribution in [0.3, 0.4) is 0 Å². The number of aryl methyl sites for hydroxylation is 1. The van der Waals surface area contributed by atoms with Crippen LogP contribution in [0.5, 0.6) is 0 Å². The summed E-state index contributed by atoms with van der Waals surface area (Å²) in [5.41, 5.74) is 4.47. The molecule has 1 aliphatic rings. The number of carbonyl (C=O) groups is 1. The Morgan fingerprint density at radius 3 is 2.76 bits per heavy atom. The average Bonchev–Trinajstić information content (AvgIpc) is 3.16. The molecule has 126 valence electrons. The van der Waals surface area contributed by atoms with Gasteiger partial charge in [0.2, 0.25) is 0 Å². The van der Waals surface area contributed by atoms with Crippen LogP contribution in [0.2, 0.25) is 0 Å². The molecule has 0 radical (unpaired) electrons. The lowest BCUT2D eigenvalue weighted by Gasteiger charge is -2.07. The Hall–Kier alpha value is -3.22. The smallest absolute Gasteiger partial charge is 0.410 e. The summed E-state index contributed by atoms with van der Waals surface area (Å²) in [6.07, 6.45) is 2.31. The number of pyridine rings is 1. The lowest BCUT2D eigenvalue weighted by molar-refractivity contribution is 0.209. The van der Waals surface area contributed by atoms with Crippen molar-refractivity contribution in [3.63, 3.8) is 0 Å². The molecule has 0 saturated carbocycles. The van der Waals surface area contributed by atoms with E-state index >= 15 is 0 Å². The van der Waals surface area contributed by atoms with Gasteiger partial charge >= 0.3 is 6.09 Å². The molecule has 1 aromatic carbocycles. The summed E-state index contributed by atoms with van der Waals surface area (Å²) in [7, 11) is 0. The highest BCUT2D eigenvalue weighted by Crippen LogP contribution is 2.37. The summed E-state index contributed by atoms with van der Waals surface area (Å²) >= 11 is 0. The Labute approximate surface area is 142 Å². The quantitative estimate of drug-likeness (QED) is 0.761. The molecule has 0 saturated heterocycles. The standard InChI is InChI=1S/C18H15FN4O2/c19-13-5-3-11(4-6-13)17-16(14-2-1-9-23(14)22-17)12-7-8-20-15(10-12)21-18(24)25/h3-8,10H,1-2,9H2,(H,20,21)(H,24,25). The molecule has 1 amide bonds. The van der Waals surface area contributed by atoms with Crippen LogP contribution in [0.25, 0.3) is 22.4 Å². The van der Waals surface area contributed by atoms with Gasteiger partial charge in [-0.2, -0.15) is 5.10 Å². The van der Waals surface area contributed by atoms with Gasteiger partial charge in [-0.1, -0.05) is 0 Å². The second kappa shape index (κ2) is 6.01. The molecular weight excluding hydrogens is 323 g/mol. The van der Waals surface area contributed by atoms with Crippen molar-refractivity contribution in [1.29, 1.82) is 0 Å². The van der Waals surface area contributed by atoms with Crippen LogP contribution in [0.15, 0.2) is 42.6 Å². The van der Waals surface area contributed by atoms with Gasteiger partial charge in [-0.05, 0) is 54.8 Å². The van der Waals surface area contributed by atoms with Crippen LogP contribution < -0.4 is 5.32 Å². The maximum Gasteiger partial charge on any atom is 0.410 e. The van der Waals surface area contributed by atoms with Gasteiger partial charge < -0.3 is 5.11 Å². The third kappa shape index (κ3) is 2.84. The molecular formula is C18H15FN4O2. The van der Waals surface area contributed by atoms with E-state index in [0.717, 1.165) is 47.5 Å². The third-order valence-electron chi connectivity index (χ3n) is 4.24. The topological polar surface area (TPSA) is 80.0 Å². The van der Waals surface area contributed by atoms with Crippen molar-refractivity contribution in [2.75, 3.05) is 5.32 Å². The Kier molecular flexibility index (Phi) is 3.68. The van der Waals surface area contributed by atoms with Crippen LogP contribution in [0, 0.1) is 5.82 Å². The van der Waals surface area contributed by atoms with Gasteiger partial charge in [-0.25, -0.2) is 14.2 Å². The molecule has 0 unspecified atom stereocenters. The van der Waals surface area contributed by atoms with Crippen molar-refractivity contribution in [2.45, 2.75) is 19.4 Å². The van der Waals surface area contributed by atoms with Crippen LogP contribution in [-0.2, 0) is 13.0 Å². The minimum absolute atomic E-state index is 0.257. The first-order valence-electron chi connectivity index (χ1n) is 7.94. The second-order valence-corrected chi connectivity index (χ2v) is 5.86. The number of aromatic nitrogens is 3. The molecule has 7 heteroatoms. The largest absolute Gasteiger partial charge is 0.465 e. The Bertz CT molecular complexity index is 950. The normalized spacial score (nSPS) is 12.8. The van der Waals surface area contributed by atoms with E-state index in [4.69, 9.17) is 10.2 Å². The van der Waals surface area contributed by atoms with Crippen molar-refractivity contribution in [1.82, 2.24) is 14.8 Å². The summed E-state index contributed by atoms with van der Waals surface area (Å²) < 4.78 is 15.2. The summed E-state index contributed by atoms with van der Waals surface area (Å²) in [6, 6.07) is 9.75. The number of hydrogen-bond acceptors (Lipinski definition) is 3. The maximum absolute atomic E-state index is 13.3. The minimum Gasteiger partial charge on any atom is -0.465 e. The van der Waals surface area contributed by atoms with E-state index in [1.54, 1.807) is 24.4 Å². The van der Waals surface area contributed by atoms with Gasteiger partial charge in [0.1, 0.15) is 17.3 Å². The molecule has 2 N–H and O–H groups in total. The van der Waals surface area contributed by atoms with Gasteiger partial charge in [0.25, 0.3) is 0 Å². The number of carboxylic acid groups (broad SMARTS) is 1. The maximum atomic E-state index is 13.3. The number of rotatable bonds is 3. The number of halogens is 1. The number of nitrogens with one attached hydrogen (secondary N) is 1. The van der Waals surface area contributed by atoms with Crippen molar-refractivity contribution in [3.8, 4) is 22.4 Å². The number of fused-ring (bicyclic) bond motifs is 1. The molecule has 3 heterocycles. The molecule has 3 aromatic rings. The zero-order chi connectivity index (χ0) is 17.4. The monoisotopic (exact) mass is 338 g/mol. The Balaban J connectivity index is 1.86. The number of anilines is 1. The Morgan fingerprint density at radius 1 is 1.20 bits per heavy atom. The van der Waals surface area contributed by atoms with Crippen molar-refractivity contribution < 1.29 is 14.3 Å². The van der Waals surface area contributed by atoms with Crippen LogP contribution in [0.4, 0.5) is 15.0 Å². The third-order valence-corrected chi connectivity index (χ3v) is 4.24. The summed E-state index contributed by atoms with van der Waals surface area (Å²) in [5, 5.41) is 15.9. The molecule has 0 aliphatic carbocycles. The molecule has 25 heavy (non-hydrogen) atoms. The zero-order valence-corrected chi connectivity index (χ0v) is 13.2. The number of nitrogens with zero attached hydrogens (tertiary/aromatic N) is 3. The van der Waals surface area contributed by atoms with Crippen molar-refractivity contribution >= 4 is 11.9 Å². The van der Waals surface area contributed by atoms with Gasteiger partial charge in [-0.3, -0.25) is 10.00 Å². The molecule has 1 aliphatic heterocycles. The number of benzene rings is 1. The van der Waals surface area contributed by atoms with Gasteiger partial charge in [0.05, 0.1) is 0 Å².